The topological polar surface area (TPSA) is 62.1 Å². The molecule has 0 aliphatic carbocycles. The normalized spacial score (nSPS) is 11.0. The fraction of sp³-hybridized carbons (Fsp3) is 0.125. The number of hydrogen-bond acceptors (Lipinski definition) is 5. The molecular weight excluding hydrogens is 308 g/mol. The summed E-state index contributed by atoms with van der Waals surface area (Å²) in [4.78, 5) is 6.03. The van der Waals surface area contributed by atoms with Gasteiger partial charge in [0.25, 0.3) is 0 Å². The molecule has 116 valence electrons. The van der Waals surface area contributed by atoms with Crippen molar-refractivity contribution < 1.29 is 0 Å². The molecule has 0 atom stereocenters. The van der Waals surface area contributed by atoms with E-state index in [0.717, 1.165) is 16.8 Å². The minimum Gasteiger partial charge on any atom is -0.378 e. The fourth-order valence-corrected chi connectivity index (χ4v) is 2.25. The number of nitrogens with zero attached hydrogens (tertiary/aromatic N) is 5. The van der Waals surface area contributed by atoms with Crippen LogP contribution in [0.4, 0.5) is 5.69 Å². The number of anilines is 1. The van der Waals surface area contributed by atoms with E-state index in [1.54, 1.807) is 23.3 Å². The van der Waals surface area contributed by atoms with E-state index < -0.39 is 0 Å². The number of rotatable bonds is 4. The Hall–Kier alpha value is -2.80. The Labute approximate surface area is 139 Å². The zero-order valence-corrected chi connectivity index (χ0v) is 13.7. The van der Waals surface area contributed by atoms with Gasteiger partial charge < -0.3 is 4.90 Å². The summed E-state index contributed by atoms with van der Waals surface area (Å²) in [5.74, 6) is 0.672. The second-order valence-corrected chi connectivity index (χ2v) is 5.52. The van der Waals surface area contributed by atoms with Gasteiger partial charge in [-0.15, -0.1) is 0 Å². The third-order valence-corrected chi connectivity index (χ3v) is 3.58. The Morgan fingerprint density at radius 3 is 2.48 bits per heavy atom. The maximum absolute atomic E-state index is 5.27. The zero-order chi connectivity index (χ0) is 16.2. The lowest BCUT2D eigenvalue weighted by atomic mass is 10.2. The van der Waals surface area contributed by atoms with Crippen molar-refractivity contribution in [2.75, 3.05) is 19.0 Å². The summed E-state index contributed by atoms with van der Waals surface area (Å²) in [7, 11) is 4.01. The van der Waals surface area contributed by atoms with E-state index in [2.05, 4.69) is 20.3 Å². The predicted octanol–water partition coefficient (Wildman–Crippen LogP) is 2.95. The Kier molecular flexibility index (Phi) is 4.29. The predicted molar refractivity (Wildman–Crippen MR) is 94.4 cm³/mol. The molecule has 0 radical (unpaired) electrons. The summed E-state index contributed by atoms with van der Waals surface area (Å²) < 4.78 is 2.06. The highest BCUT2D eigenvalue weighted by Crippen LogP contribution is 2.21. The van der Waals surface area contributed by atoms with Gasteiger partial charge in [0.05, 0.1) is 6.21 Å². The van der Waals surface area contributed by atoms with Crippen molar-refractivity contribution in [2.45, 2.75) is 0 Å². The van der Waals surface area contributed by atoms with Crippen LogP contribution in [0.2, 0.25) is 0 Å². The number of nitrogens with one attached hydrogen (secondary N) is 1. The van der Waals surface area contributed by atoms with E-state index >= 15 is 0 Å². The molecule has 0 amide bonds. The first-order valence-electron chi connectivity index (χ1n) is 7.05. The van der Waals surface area contributed by atoms with E-state index in [1.165, 1.54) is 0 Å². The van der Waals surface area contributed by atoms with Gasteiger partial charge in [-0.25, -0.2) is 5.10 Å². The molecule has 0 spiro atoms. The number of aromatic nitrogens is 4. The molecule has 0 saturated carbocycles. The molecule has 0 fully saturated rings. The molecule has 2 heterocycles. The van der Waals surface area contributed by atoms with Gasteiger partial charge in [0.1, 0.15) is 0 Å². The molecule has 23 heavy (non-hydrogen) atoms. The van der Waals surface area contributed by atoms with Gasteiger partial charge in [-0.2, -0.15) is 14.9 Å². The lowest BCUT2D eigenvalue weighted by Crippen LogP contribution is -2.08. The van der Waals surface area contributed by atoms with Gasteiger partial charge in [0.15, 0.2) is 5.82 Å². The van der Waals surface area contributed by atoms with Crippen LogP contribution in [0, 0.1) is 4.77 Å². The van der Waals surface area contributed by atoms with Crippen molar-refractivity contribution in [1.82, 2.24) is 19.9 Å². The summed E-state index contributed by atoms with van der Waals surface area (Å²) in [5.41, 5.74) is 3.00. The molecule has 0 bridgehead atoms. The van der Waals surface area contributed by atoms with E-state index in [9.17, 15) is 0 Å². The van der Waals surface area contributed by atoms with Crippen LogP contribution in [0.25, 0.3) is 11.4 Å². The summed E-state index contributed by atoms with van der Waals surface area (Å²) in [6.45, 7) is 0. The van der Waals surface area contributed by atoms with Crippen LogP contribution in [0.5, 0.6) is 0 Å². The summed E-state index contributed by atoms with van der Waals surface area (Å²) in [5, 5.41) is 11.5. The van der Waals surface area contributed by atoms with Gasteiger partial charge in [-0.3, -0.25) is 4.98 Å². The maximum Gasteiger partial charge on any atom is 0.216 e. The number of H-pyrrole nitrogens is 1. The number of hydrogen-bond donors (Lipinski definition) is 1. The van der Waals surface area contributed by atoms with Crippen LogP contribution in [0.1, 0.15) is 5.56 Å². The minimum atomic E-state index is 0.446. The molecule has 3 aromatic rings. The molecule has 2 aromatic heterocycles. The minimum absolute atomic E-state index is 0.446. The van der Waals surface area contributed by atoms with Gasteiger partial charge in [-0.1, -0.05) is 0 Å². The molecule has 0 aliphatic rings. The average molecular weight is 324 g/mol. The Balaban J connectivity index is 1.95. The van der Waals surface area contributed by atoms with Crippen LogP contribution in [0.3, 0.4) is 0 Å². The van der Waals surface area contributed by atoms with Crippen molar-refractivity contribution in [1.29, 1.82) is 0 Å². The van der Waals surface area contributed by atoms with Gasteiger partial charge in [-0.05, 0) is 54.2 Å². The zero-order valence-electron chi connectivity index (χ0n) is 12.8. The first-order valence-corrected chi connectivity index (χ1v) is 7.45. The number of pyridine rings is 1. The highest BCUT2D eigenvalue weighted by molar-refractivity contribution is 7.71. The molecule has 1 N–H and O–H groups in total. The van der Waals surface area contributed by atoms with Crippen LogP contribution >= 0.6 is 12.2 Å². The van der Waals surface area contributed by atoms with Crippen molar-refractivity contribution >= 4 is 24.1 Å². The third kappa shape index (κ3) is 3.35. The Bertz CT molecular complexity index is 862. The molecule has 3 rings (SSSR count). The monoisotopic (exact) mass is 324 g/mol. The summed E-state index contributed by atoms with van der Waals surface area (Å²) in [6.07, 6.45) is 5.17. The van der Waals surface area contributed by atoms with E-state index in [1.807, 2.05) is 55.4 Å². The van der Waals surface area contributed by atoms with Gasteiger partial charge >= 0.3 is 0 Å². The standard InChI is InChI=1S/C16H16N6S/c1-21(2)14-5-3-13(4-6-14)15-19-20-16(23)22(15)18-11-12-7-9-17-10-8-12/h3-11H,1-2H3,(H,20,23). The second-order valence-electron chi connectivity index (χ2n) is 5.13. The second kappa shape index (κ2) is 6.53. The lowest BCUT2D eigenvalue weighted by molar-refractivity contribution is 0.871. The molecule has 7 heteroatoms. The smallest absolute Gasteiger partial charge is 0.216 e. The molecule has 6 nitrogen and oxygen atoms in total. The highest BCUT2D eigenvalue weighted by atomic mass is 32.1. The first kappa shape index (κ1) is 15.1. The summed E-state index contributed by atoms with van der Waals surface area (Å²) in [6, 6.07) is 11.8. The van der Waals surface area contributed by atoms with Crippen molar-refractivity contribution in [3.8, 4) is 11.4 Å². The molecule has 1 aromatic carbocycles. The van der Waals surface area contributed by atoms with Crippen LogP contribution in [-0.2, 0) is 0 Å². The molecule has 0 saturated heterocycles. The molecule has 0 aliphatic heterocycles. The van der Waals surface area contributed by atoms with Crippen LogP contribution < -0.4 is 4.90 Å². The summed E-state index contributed by atoms with van der Waals surface area (Å²) >= 11 is 5.27. The Morgan fingerprint density at radius 1 is 1.13 bits per heavy atom. The van der Waals surface area contributed by atoms with E-state index in [-0.39, 0.29) is 0 Å². The van der Waals surface area contributed by atoms with E-state index in [4.69, 9.17) is 12.2 Å². The van der Waals surface area contributed by atoms with Crippen LogP contribution in [0.15, 0.2) is 53.9 Å². The molecule has 0 unspecified atom stereocenters. The van der Waals surface area contributed by atoms with Crippen molar-refractivity contribution in [3.63, 3.8) is 0 Å². The first-order chi connectivity index (χ1) is 11.1. The van der Waals surface area contributed by atoms with Crippen LogP contribution in [-0.4, -0.2) is 40.2 Å². The van der Waals surface area contributed by atoms with Gasteiger partial charge in [0, 0.05) is 37.7 Å². The fourth-order valence-electron chi connectivity index (χ4n) is 2.07. The SMILES string of the molecule is CN(C)c1ccc(-c2n[nH]c(=S)n2N=Cc2ccncc2)cc1. The Morgan fingerprint density at radius 2 is 1.83 bits per heavy atom. The third-order valence-electron chi connectivity index (χ3n) is 3.32. The molecular formula is C16H16N6S. The highest BCUT2D eigenvalue weighted by Gasteiger charge is 2.08. The maximum atomic E-state index is 5.27. The average Bonchev–Trinajstić information content (AvgIpc) is 2.95. The number of benzene rings is 1. The van der Waals surface area contributed by atoms with E-state index in [0.29, 0.717) is 10.6 Å². The van der Waals surface area contributed by atoms with Crippen molar-refractivity contribution in [2.24, 2.45) is 5.10 Å². The van der Waals surface area contributed by atoms with Gasteiger partial charge in [0.2, 0.25) is 4.77 Å². The number of aromatic amines is 1. The largest absolute Gasteiger partial charge is 0.378 e. The quantitative estimate of drug-likeness (QED) is 0.592. The van der Waals surface area contributed by atoms with Crippen molar-refractivity contribution in [3.05, 3.63) is 59.1 Å². The lowest BCUT2D eigenvalue weighted by Gasteiger charge is -2.12.